The van der Waals surface area contributed by atoms with E-state index in [4.69, 9.17) is 0 Å². The van der Waals surface area contributed by atoms with E-state index in [-0.39, 0.29) is 0 Å². The van der Waals surface area contributed by atoms with Crippen molar-refractivity contribution in [2.45, 2.75) is 80.1 Å². The van der Waals surface area contributed by atoms with E-state index in [9.17, 15) is 0 Å². The van der Waals surface area contributed by atoms with Crippen molar-refractivity contribution in [3.63, 3.8) is 0 Å². The van der Waals surface area contributed by atoms with E-state index in [1.807, 2.05) is 0 Å². The molecule has 1 rings (SSSR count). The number of rotatable bonds is 1. The van der Waals surface area contributed by atoms with E-state index < -0.39 is 0 Å². The Bertz CT molecular complexity index is 133. The summed E-state index contributed by atoms with van der Waals surface area (Å²) < 4.78 is 0. The lowest BCUT2D eigenvalue weighted by atomic mass is 9.86. The summed E-state index contributed by atoms with van der Waals surface area (Å²) in [6.45, 7) is 13.8. The highest BCUT2D eigenvalue weighted by Gasteiger charge is 2.11. The molecule has 0 aromatic carbocycles. The third-order valence-corrected chi connectivity index (χ3v) is 2.91. The molecule has 0 atom stereocenters. The summed E-state index contributed by atoms with van der Waals surface area (Å²) in [5.74, 6) is 1.88. The average Bonchev–Trinajstić information content (AvgIpc) is 2.01. The highest BCUT2D eigenvalue weighted by molar-refractivity contribution is 4.62. The van der Waals surface area contributed by atoms with Gasteiger partial charge in [0.05, 0.1) is 0 Å². The van der Waals surface area contributed by atoms with Crippen LogP contribution < -0.4 is 0 Å². The fourth-order valence-corrected chi connectivity index (χ4v) is 2.53. The minimum Gasteiger partial charge on any atom is -0.0628 e. The van der Waals surface area contributed by atoms with Crippen LogP contribution in [0.1, 0.15) is 80.1 Å². The monoisotopic (exact) mass is 212 g/mol. The van der Waals surface area contributed by atoms with Crippen molar-refractivity contribution in [3.8, 4) is 0 Å². The van der Waals surface area contributed by atoms with Gasteiger partial charge in [-0.3, -0.25) is 0 Å². The van der Waals surface area contributed by atoms with Gasteiger partial charge in [0.15, 0.2) is 0 Å². The topological polar surface area (TPSA) is 0 Å². The van der Waals surface area contributed by atoms with E-state index in [1.165, 1.54) is 38.5 Å². The second-order valence-electron chi connectivity index (χ2n) is 6.90. The zero-order valence-electron chi connectivity index (χ0n) is 11.9. The van der Waals surface area contributed by atoms with Gasteiger partial charge < -0.3 is 0 Å². The van der Waals surface area contributed by atoms with Crippen molar-refractivity contribution in [3.05, 3.63) is 0 Å². The highest BCUT2D eigenvalue weighted by Crippen LogP contribution is 2.23. The molecular formula is C15H32. The maximum absolute atomic E-state index is 2.36. The fourth-order valence-electron chi connectivity index (χ4n) is 2.53. The first-order chi connectivity index (χ1) is 6.81. The summed E-state index contributed by atoms with van der Waals surface area (Å²) in [4.78, 5) is 0. The van der Waals surface area contributed by atoms with Crippen LogP contribution in [0, 0.1) is 17.3 Å². The maximum atomic E-state index is 2.36. The van der Waals surface area contributed by atoms with Gasteiger partial charge in [-0.2, -0.15) is 0 Å². The third kappa shape index (κ3) is 11.9. The Morgan fingerprint density at radius 2 is 1.47 bits per heavy atom. The van der Waals surface area contributed by atoms with Gasteiger partial charge in [0.25, 0.3) is 0 Å². The van der Waals surface area contributed by atoms with Crippen LogP contribution in [0.25, 0.3) is 0 Å². The van der Waals surface area contributed by atoms with Crippen molar-refractivity contribution >= 4 is 0 Å². The summed E-state index contributed by atoms with van der Waals surface area (Å²) in [6, 6.07) is 0. The van der Waals surface area contributed by atoms with Gasteiger partial charge >= 0.3 is 0 Å². The molecule has 0 N–H and O–H groups in total. The van der Waals surface area contributed by atoms with Crippen molar-refractivity contribution in [2.75, 3.05) is 0 Å². The van der Waals surface area contributed by atoms with Gasteiger partial charge in [0.2, 0.25) is 0 Å². The van der Waals surface area contributed by atoms with E-state index in [0.29, 0.717) is 5.41 Å². The zero-order valence-corrected chi connectivity index (χ0v) is 11.9. The van der Waals surface area contributed by atoms with Gasteiger partial charge in [0.1, 0.15) is 0 Å². The largest absolute Gasteiger partial charge is 0.0628 e. The molecule has 0 amide bonds. The molecule has 0 bridgehead atoms. The maximum Gasteiger partial charge on any atom is -0.0380 e. The lowest BCUT2D eigenvalue weighted by Crippen LogP contribution is -2.08. The molecule has 0 saturated heterocycles. The minimum atomic E-state index is 0.522. The fraction of sp³-hybridized carbons (Fsp3) is 1.00. The SMILES string of the molecule is CC(C)CC(C)(C)C.CC1CCCCC1. The van der Waals surface area contributed by atoms with Crippen LogP contribution in [0.3, 0.4) is 0 Å². The van der Waals surface area contributed by atoms with Crippen LogP contribution in [0.5, 0.6) is 0 Å². The number of hydrogen-bond acceptors (Lipinski definition) is 0. The summed E-state index contributed by atoms with van der Waals surface area (Å²) >= 11 is 0. The summed E-state index contributed by atoms with van der Waals surface area (Å²) in [6.07, 6.45) is 8.76. The van der Waals surface area contributed by atoms with Crippen molar-refractivity contribution in [2.24, 2.45) is 17.3 Å². The van der Waals surface area contributed by atoms with Crippen molar-refractivity contribution in [1.82, 2.24) is 0 Å². The normalized spacial score (nSPS) is 18.6. The van der Waals surface area contributed by atoms with Crippen LogP contribution in [-0.2, 0) is 0 Å². The lowest BCUT2D eigenvalue weighted by Gasteiger charge is -2.19. The second-order valence-corrected chi connectivity index (χ2v) is 6.90. The van der Waals surface area contributed by atoms with Crippen LogP contribution in [0.4, 0.5) is 0 Å². The first kappa shape index (κ1) is 15.0. The van der Waals surface area contributed by atoms with Crippen LogP contribution >= 0.6 is 0 Å². The zero-order chi connectivity index (χ0) is 11.9. The Labute approximate surface area is 97.8 Å². The smallest absolute Gasteiger partial charge is 0.0380 e. The van der Waals surface area contributed by atoms with Gasteiger partial charge in [-0.1, -0.05) is 73.6 Å². The molecule has 0 aliphatic heterocycles. The Balaban J connectivity index is 0.000000262. The van der Waals surface area contributed by atoms with Crippen LogP contribution in [-0.4, -0.2) is 0 Å². The van der Waals surface area contributed by atoms with E-state index >= 15 is 0 Å². The molecule has 1 saturated carbocycles. The Morgan fingerprint density at radius 3 is 1.60 bits per heavy atom. The van der Waals surface area contributed by atoms with Gasteiger partial charge in [-0.25, -0.2) is 0 Å². The lowest BCUT2D eigenvalue weighted by molar-refractivity contribution is 0.320. The molecule has 1 aliphatic carbocycles. The van der Waals surface area contributed by atoms with Crippen molar-refractivity contribution in [1.29, 1.82) is 0 Å². The molecule has 0 heteroatoms. The summed E-state index contributed by atoms with van der Waals surface area (Å²) in [5, 5.41) is 0. The Hall–Kier alpha value is 0. The predicted molar refractivity (Wildman–Crippen MR) is 71.2 cm³/mol. The van der Waals surface area contributed by atoms with E-state index in [0.717, 1.165) is 11.8 Å². The Kier molecular flexibility index (Phi) is 7.30. The molecule has 0 unspecified atom stereocenters. The molecule has 0 aromatic heterocycles. The second kappa shape index (κ2) is 7.30. The van der Waals surface area contributed by atoms with E-state index in [2.05, 4.69) is 41.5 Å². The standard InChI is InChI=1S/C8H18.C7H14/c1-7(2)6-8(3,4)5;1-7-5-3-2-4-6-7/h7H,6H2,1-5H3;7H,2-6H2,1H3. The molecule has 0 nitrogen and oxygen atoms in total. The quantitative estimate of drug-likeness (QED) is 0.525. The average molecular weight is 212 g/mol. The molecule has 1 fully saturated rings. The molecule has 15 heavy (non-hydrogen) atoms. The van der Waals surface area contributed by atoms with Crippen LogP contribution in [0.15, 0.2) is 0 Å². The molecule has 0 heterocycles. The van der Waals surface area contributed by atoms with Gasteiger partial charge in [0, 0.05) is 0 Å². The van der Waals surface area contributed by atoms with E-state index in [1.54, 1.807) is 0 Å². The molecule has 0 radical (unpaired) electrons. The number of hydrogen-bond donors (Lipinski definition) is 0. The molecule has 0 spiro atoms. The first-order valence-corrected chi connectivity index (χ1v) is 6.81. The van der Waals surface area contributed by atoms with Gasteiger partial charge in [-0.15, -0.1) is 0 Å². The molecule has 1 aliphatic rings. The highest BCUT2D eigenvalue weighted by atomic mass is 14.2. The third-order valence-electron chi connectivity index (χ3n) is 2.91. The minimum absolute atomic E-state index is 0.522. The summed E-state index contributed by atoms with van der Waals surface area (Å²) in [5.41, 5.74) is 0.522. The van der Waals surface area contributed by atoms with Crippen molar-refractivity contribution < 1.29 is 0 Å². The molecule has 0 aromatic rings. The molecule has 92 valence electrons. The summed E-state index contributed by atoms with van der Waals surface area (Å²) in [7, 11) is 0. The van der Waals surface area contributed by atoms with Gasteiger partial charge in [-0.05, 0) is 23.7 Å². The van der Waals surface area contributed by atoms with Crippen LogP contribution in [0.2, 0.25) is 0 Å². The Morgan fingerprint density at radius 1 is 1.00 bits per heavy atom. The molecular weight excluding hydrogens is 180 g/mol. The predicted octanol–water partition coefficient (Wildman–Crippen LogP) is 5.67. The first-order valence-electron chi connectivity index (χ1n) is 6.81.